The molecule has 0 N–H and O–H groups in total. The molecule has 4 bridgehead atoms. The van der Waals surface area contributed by atoms with Crippen molar-refractivity contribution in [2.24, 2.45) is 0 Å². The maximum absolute atomic E-state index is 6.30. The van der Waals surface area contributed by atoms with E-state index in [0.29, 0.717) is 64.3 Å². The number of fused-ring (bicyclic) bond motifs is 6. The fourth-order valence-electron chi connectivity index (χ4n) is 5.63. The summed E-state index contributed by atoms with van der Waals surface area (Å²) in [4.78, 5) is 9.51. The normalized spacial score (nSPS) is 16.7. The highest BCUT2D eigenvalue weighted by molar-refractivity contribution is 6.00. The van der Waals surface area contributed by atoms with Gasteiger partial charge in [-0.1, -0.05) is 60.7 Å². The van der Waals surface area contributed by atoms with E-state index in [-0.39, 0.29) is 13.2 Å². The zero-order valence-electron chi connectivity index (χ0n) is 23.4. The number of hydrogen-bond acceptors (Lipinski definition) is 8. The average molecular weight is 565 g/mol. The van der Waals surface area contributed by atoms with Crippen molar-refractivity contribution in [3.63, 3.8) is 0 Å². The van der Waals surface area contributed by atoms with Crippen LogP contribution in [-0.2, 0) is 45.0 Å². The van der Waals surface area contributed by atoms with Crippen molar-refractivity contribution in [3.8, 4) is 0 Å². The first-order valence-electron chi connectivity index (χ1n) is 14.3. The Kier molecular flexibility index (Phi) is 7.68. The third kappa shape index (κ3) is 5.54. The van der Waals surface area contributed by atoms with Crippen LogP contribution in [-0.4, -0.2) is 49.6 Å². The maximum Gasteiger partial charge on any atom is 0.221 e. The van der Waals surface area contributed by atoms with Gasteiger partial charge in [-0.3, -0.25) is 0 Å². The molecule has 0 unspecified atom stereocenters. The molecule has 2 aromatic heterocycles. The number of aromatic nitrogens is 2. The molecule has 8 nitrogen and oxygen atoms in total. The highest BCUT2D eigenvalue weighted by Gasteiger charge is 2.19. The van der Waals surface area contributed by atoms with Crippen LogP contribution in [0.5, 0.6) is 0 Å². The zero-order chi connectivity index (χ0) is 28.3. The molecule has 42 heavy (non-hydrogen) atoms. The Balaban J connectivity index is 1.28. The molecule has 1 aliphatic rings. The van der Waals surface area contributed by atoms with Crippen LogP contribution in [0.2, 0.25) is 0 Å². The third-order valence-corrected chi connectivity index (χ3v) is 7.52. The predicted octanol–water partition coefficient (Wildman–Crippen LogP) is 6.70. The van der Waals surface area contributed by atoms with Gasteiger partial charge in [0.05, 0.1) is 39.6 Å². The van der Waals surface area contributed by atoms with E-state index in [0.717, 1.165) is 60.4 Å². The molecule has 0 radical (unpaired) electrons. The summed E-state index contributed by atoms with van der Waals surface area (Å²) in [5, 5.41) is 4.47. The molecule has 0 atom stereocenters. The molecule has 1 aliphatic heterocycles. The van der Waals surface area contributed by atoms with E-state index in [9.17, 15) is 0 Å². The minimum Gasteiger partial charge on any atom is -0.438 e. The molecule has 8 heteroatoms. The summed E-state index contributed by atoms with van der Waals surface area (Å²) in [6.45, 7) is 7.82. The molecule has 0 saturated heterocycles. The number of nitrogens with zero attached hydrogens (tertiary/aromatic N) is 2. The summed E-state index contributed by atoms with van der Waals surface area (Å²) in [5.41, 5.74) is 6.32. The van der Waals surface area contributed by atoms with Crippen LogP contribution in [0.4, 0.5) is 0 Å². The molecule has 0 spiro atoms. The Morgan fingerprint density at radius 3 is 1.45 bits per heavy atom. The van der Waals surface area contributed by atoms with Crippen LogP contribution >= 0.6 is 0 Å². The van der Waals surface area contributed by atoms with E-state index < -0.39 is 0 Å². The number of rotatable bonds is 0. The van der Waals surface area contributed by atoms with Crippen molar-refractivity contribution in [3.05, 3.63) is 95.7 Å². The second kappa shape index (κ2) is 12.0. The lowest BCUT2D eigenvalue weighted by molar-refractivity contribution is -0.00982. The van der Waals surface area contributed by atoms with E-state index >= 15 is 0 Å². The van der Waals surface area contributed by atoms with E-state index in [2.05, 4.69) is 55.1 Å². The first-order chi connectivity index (χ1) is 20.7. The molecular formula is C34H32N2O6. The molecule has 0 saturated carbocycles. The highest BCUT2D eigenvalue weighted by Crippen LogP contribution is 2.34. The minimum atomic E-state index is 0.268. The lowest BCUT2D eigenvalue weighted by atomic mass is 9.92. The summed E-state index contributed by atoms with van der Waals surface area (Å²) >= 11 is 0. The number of hydrogen-bond donors (Lipinski definition) is 0. The monoisotopic (exact) mass is 564 g/mol. The van der Waals surface area contributed by atoms with Gasteiger partial charge in [0.2, 0.25) is 11.8 Å². The number of oxazole rings is 2. The lowest BCUT2D eigenvalue weighted by Gasteiger charge is -2.12. The standard InChI is InChI=1S/C34H32N2O6/c1-22-16-27-25-8-4-2-6-23(25)18-29-33(27)41-31(35-29)20-39-14-12-37-10-11-38-13-15-40-21-32-36-30-19-24-7-3-5-9-26(24)28(17-22)34(30)42-32/h2-9,18-19H,1,10-17,20-21H2. The van der Waals surface area contributed by atoms with Crippen LogP contribution in [0.15, 0.2) is 81.7 Å². The van der Waals surface area contributed by atoms with Crippen molar-refractivity contribution < 1.29 is 27.8 Å². The summed E-state index contributed by atoms with van der Waals surface area (Å²) in [7, 11) is 0. The molecule has 6 aromatic rings. The van der Waals surface area contributed by atoms with Gasteiger partial charge in [-0.15, -0.1) is 0 Å². The van der Waals surface area contributed by atoms with Crippen LogP contribution in [0.25, 0.3) is 43.7 Å². The molecule has 4 aromatic carbocycles. The van der Waals surface area contributed by atoms with Gasteiger partial charge < -0.3 is 27.8 Å². The van der Waals surface area contributed by atoms with E-state index in [1.807, 2.05) is 12.1 Å². The van der Waals surface area contributed by atoms with Crippen molar-refractivity contribution >= 4 is 43.7 Å². The smallest absolute Gasteiger partial charge is 0.221 e. The zero-order valence-corrected chi connectivity index (χ0v) is 23.4. The maximum atomic E-state index is 6.30. The number of benzene rings is 4. The van der Waals surface area contributed by atoms with Gasteiger partial charge in [0.25, 0.3) is 0 Å². The van der Waals surface area contributed by atoms with Crippen molar-refractivity contribution in [1.82, 2.24) is 9.97 Å². The third-order valence-electron chi connectivity index (χ3n) is 7.52. The second-order valence-electron chi connectivity index (χ2n) is 10.5. The molecule has 214 valence electrons. The largest absolute Gasteiger partial charge is 0.438 e. The van der Waals surface area contributed by atoms with Gasteiger partial charge in [0.1, 0.15) is 24.2 Å². The molecule has 0 amide bonds. The second-order valence-corrected chi connectivity index (χ2v) is 10.5. The number of ether oxygens (including phenoxy) is 4. The predicted molar refractivity (Wildman–Crippen MR) is 161 cm³/mol. The van der Waals surface area contributed by atoms with Gasteiger partial charge in [-0.05, 0) is 46.5 Å². The summed E-state index contributed by atoms with van der Waals surface area (Å²) in [5.74, 6) is 1.08. The number of allylic oxidation sites excluding steroid dienone is 1. The molecule has 3 heterocycles. The summed E-state index contributed by atoms with van der Waals surface area (Å²) < 4.78 is 35.4. The Labute approximate surface area is 242 Å². The first-order valence-corrected chi connectivity index (χ1v) is 14.3. The topological polar surface area (TPSA) is 89.0 Å². The molecule has 0 aliphatic carbocycles. The molecule has 0 fully saturated rings. The fraction of sp³-hybridized carbons (Fsp3) is 0.294. The Bertz CT molecular complexity index is 1750. The average Bonchev–Trinajstić information content (AvgIpc) is 3.60. The first kappa shape index (κ1) is 26.8. The van der Waals surface area contributed by atoms with Crippen LogP contribution in [0, 0.1) is 0 Å². The summed E-state index contributed by atoms with van der Waals surface area (Å²) in [6, 6.07) is 20.8. The molecule has 7 rings (SSSR count). The van der Waals surface area contributed by atoms with E-state index in [4.69, 9.17) is 37.7 Å². The lowest BCUT2D eigenvalue weighted by Crippen LogP contribution is -2.11. The van der Waals surface area contributed by atoms with Crippen molar-refractivity contribution in [2.45, 2.75) is 26.1 Å². The highest BCUT2D eigenvalue weighted by atomic mass is 16.6. The van der Waals surface area contributed by atoms with Crippen molar-refractivity contribution in [1.29, 1.82) is 0 Å². The fourth-order valence-corrected chi connectivity index (χ4v) is 5.63. The van der Waals surface area contributed by atoms with Gasteiger partial charge in [0.15, 0.2) is 11.2 Å². The SMILES string of the molecule is C=C1Cc2c3ccccc3cc3nc(oc23)COCCOCCOCCOCc2nc3cc4ccccc4c(c3o2)C1. The van der Waals surface area contributed by atoms with E-state index in [1.165, 1.54) is 0 Å². The van der Waals surface area contributed by atoms with E-state index in [1.54, 1.807) is 0 Å². The quantitative estimate of drug-likeness (QED) is 0.188. The van der Waals surface area contributed by atoms with Gasteiger partial charge in [0, 0.05) is 11.1 Å². The van der Waals surface area contributed by atoms with Gasteiger partial charge in [-0.2, -0.15) is 0 Å². The Morgan fingerprint density at radius 2 is 0.976 bits per heavy atom. The van der Waals surface area contributed by atoms with Gasteiger partial charge >= 0.3 is 0 Å². The Morgan fingerprint density at radius 1 is 0.548 bits per heavy atom. The van der Waals surface area contributed by atoms with Crippen LogP contribution in [0.3, 0.4) is 0 Å². The Hall–Kier alpha value is -4.08. The summed E-state index contributed by atoms with van der Waals surface area (Å²) in [6.07, 6.45) is 1.24. The van der Waals surface area contributed by atoms with Crippen molar-refractivity contribution in [2.75, 3.05) is 39.6 Å². The van der Waals surface area contributed by atoms with Crippen LogP contribution < -0.4 is 0 Å². The molecular weight excluding hydrogens is 532 g/mol. The van der Waals surface area contributed by atoms with Crippen LogP contribution in [0.1, 0.15) is 22.9 Å². The van der Waals surface area contributed by atoms with Gasteiger partial charge in [-0.25, -0.2) is 9.97 Å². The minimum absolute atomic E-state index is 0.268.